The molecule has 14 heteroatoms. The van der Waals surface area contributed by atoms with E-state index >= 15 is 0 Å². The van der Waals surface area contributed by atoms with E-state index in [-0.39, 0.29) is 30.9 Å². The van der Waals surface area contributed by atoms with Crippen LogP contribution in [-0.2, 0) is 35.3 Å². The Morgan fingerprint density at radius 2 is 1.56 bits per heavy atom. The van der Waals surface area contributed by atoms with Gasteiger partial charge >= 0.3 is 0 Å². The topological polar surface area (TPSA) is 207 Å². The van der Waals surface area contributed by atoms with Gasteiger partial charge < -0.3 is 47.1 Å². The van der Waals surface area contributed by atoms with Crippen molar-refractivity contribution < 1.29 is 33.4 Å². The second-order valence-electron chi connectivity index (χ2n) is 15.5. The van der Waals surface area contributed by atoms with Gasteiger partial charge in [-0.25, -0.2) is 0 Å². The number of nitrogens with zero attached hydrogens (tertiary/aromatic N) is 1. The van der Waals surface area contributed by atoms with Gasteiger partial charge in [0.15, 0.2) is 0 Å². The molecule has 14 nitrogen and oxygen atoms in total. The molecule has 7 atom stereocenters. The van der Waals surface area contributed by atoms with E-state index in [1.807, 2.05) is 19.9 Å². The van der Waals surface area contributed by atoms with Crippen LogP contribution in [0.5, 0.6) is 5.75 Å². The molecule has 1 saturated heterocycles. The van der Waals surface area contributed by atoms with Crippen LogP contribution in [0.2, 0.25) is 0 Å². The van der Waals surface area contributed by atoms with E-state index in [2.05, 4.69) is 28.2 Å². The first-order valence-electron chi connectivity index (χ1n) is 20.0. The van der Waals surface area contributed by atoms with Gasteiger partial charge in [-0.05, 0) is 62.1 Å². The van der Waals surface area contributed by atoms with Crippen LogP contribution in [0.1, 0.15) is 111 Å². The number of carbonyl (C=O) groups is 5. The van der Waals surface area contributed by atoms with Crippen LogP contribution in [-0.4, -0.2) is 91.1 Å². The maximum atomic E-state index is 14.2. The minimum atomic E-state index is -1.21. The molecule has 2 fully saturated rings. The summed E-state index contributed by atoms with van der Waals surface area (Å²) in [7, 11) is 1.63. The third-order valence-electron chi connectivity index (χ3n) is 10.6. The van der Waals surface area contributed by atoms with Crippen LogP contribution in [0.15, 0.2) is 24.3 Å². The number of nitrogens with two attached hydrogens (primary N) is 2. The van der Waals surface area contributed by atoms with Crippen LogP contribution < -0.4 is 37.5 Å². The molecule has 304 valence electrons. The number of benzene rings is 1. The zero-order valence-electron chi connectivity index (χ0n) is 33.4. The van der Waals surface area contributed by atoms with E-state index in [0.717, 1.165) is 63.4 Å². The minimum absolute atomic E-state index is 0.0642. The lowest BCUT2D eigenvalue weighted by atomic mass is 9.83. The molecular weight excluding hydrogens is 690 g/mol. The lowest BCUT2D eigenvalue weighted by Gasteiger charge is -2.36. The Morgan fingerprint density at radius 1 is 0.870 bits per heavy atom. The zero-order chi connectivity index (χ0) is 39.8. The van der Waals surface area contributed by atoms with Crippen LogP contribution in [0, 0.1) is 17.8 Å². The van der Waals surface area contributed by atoms with E-state index in [4.69, 9.17) is 20.9 Å². The Balaban J connectivity index is 2.03. The molecule has 1 saturated carbocycles. The van der Waals surface area contributed by atoms with Gasteiger partial charge in [0.05, 0.1) is 12.0 Å². The van der Waals surface area contributed by atoms with Gasteiger partial charge in [0.2, 0.25) is 29.5 Å². The minimum Gasteiger partial charge on any atom is -0.491 e. The summed E-state index contributed by atoms with van der Waals surface area (Å²) in [6.07, 6.45) is 7.61. The summed E-state index contributed by atoms with van der Waals surface area (Å²) in [6, 6.07) is 2.86. The van der Waals surface area contributed by atoms with Crippen molar-refractivity contribution >= 4 is 29.5 Å². The fourth-order valence-corrected chi connectivity index (χ4v) is 7.33. The quantitative estimate of drug-likeness (QED) is 0.163. The van der Waals surface area contributed by atoms with E-state index in [0.29, 0.717) is 25.1 Å². The summed E-state index contributed by atoms with van der Waals surface area (Å²) in [5.41, 5.74) is 12.7. The Morgan fingerprint density at radius 3 is 2.20 bits per heavy atom. The first-order chi connectivity index (χ1) is 25.8. The fraction of sp³-hybridized carbons (Fsp3) is 0.725. The molecule has 2 aliphatic rings. The average molecular weight is 758 g/mol. The molecule has 5 amide bonds. The standard InChI is InChI=1S/C40H67N7O7/c1-7-8-9-13-19-34-26(4)40(52)47(6)33(20-25(2)3)38(50)46-35(29-16-11-10-12-17-29)39(51)44-31(23-42)36(48)45-32(37(49)43-27(5)54-34)24-53-30-18-14-15-28(21-30)22-41/h14-15,18,21,25-27,29,31-35H,7-13,16-17,19-20,22-24,41-42H2,1-6H3,(H,43,49)(H,44,51)(H,45,48)(H,46,50)/t26-,27+,31+,32+,33+,34-,35+/m1/s1. The van der Waals surface area contributed by atoms with Crippen LogP contribution >= 0.6 is 0 Å². The van der Waals surface area contributed by atoms with Gasteiger partial charge in [-0.3, -0.25) is 24.0 Å². The lowest BCUT2D eigenvalue weighted by molar-refractivity contribution is -0.150. The molecule has 54 heavy (non-hydrogen) atoms. The number of likely N-dealkylation sites (N-methyl/N-ethyl adjacent to an activating group) is 1. The number of nitrogens with one attached hydrogen (secondary N) is 4. The number of hydrogen-bond acceptors (Lipinski definition) is 9. The summed E-state index contributed by atoms with van der Waals surface area (Å²) in [4.78, 5) is 71.7. The van der Waals surface area contributed by atoms with E-state index in [1.54, 1.807) is 39.1 Å². The van der Waals surface area contributed by atoms with E-state index in [9.17, 15) is 24.0 Å². The highest BCUT2D eigenvalue weighted by molar-refractivity contribution is 5.96. The molecule has 3 rings (SSSR count). The number of unbranched alkanes of at least 4 members (excludes halogenated alkanes) is 3. The third-order valence-corrected chi connectivity index (χ3v) is 10.6. The molecule has 0 spiro atoms. The van der Waals surface area contributed by atoms with Gasteiger partial charge in [0, 0.05) is 20.1 Å². The predicted octanol–water partition coefficient (Wildman–Crippen LogP) is 2.86. The monoisotopic (exact) mass is 758 g/mol. The smallest absolute Gasteiger partial charge is 0.248 e. The maximum Gasteiger partial charge on any atom is 0.248 e. The summed E-state index contributed by atoms with van der Waals surface area (Å²) < 4.78 is 12.4. The van der Waals surface area contributed by atoms with Crippen molar-refractivity contribution in [2.75, 3.05) is 20.2 Å². The van der Waals surface area contributed by atoms with Crippen LogP contribution in [0.4, 0.5) is 0 Å². The van der Waals surface area contributed by atoms with Crippen LogP contribution in [0.25, 0.3) is 0 Å². The van der Waals surface area contributed by atoms with Crippen LogP contribution in [0.3, 0.4) is 0 Å². The summed E-state index contributed by atoms with van der Waals surface area (Å²) in [6.45, 7) is 9.33. The number of rotatable bonds is 13. The predicted molar refractivity (Wildman–Crippen MR) is 208 cm³/mol. The van der Waals surface area contributed by atoms with Crippen molar-refractivity contribution in [1.29, 1.82) is 0 Å². The van der Waals surface area contributed by atoms with Crippen molar-refractivity contribution in [3.63, 3.8) is 0 Å². The summed E-state index contributed by atoms with van der Waals surface area (Å²) in [5.74, 6) is -2.81. The first kappa shape index (κ1) is 44.6. The molecule has 1 aliphatic carbocycles. The highest BCUT2D eigenvalue weighted by Gasteiger charge is 2.39. The Labute approximate surface area is 322 Å². The molecule has 1 aliphatic heterocycles. The van der Waals surface area contributed by atoms with Crippen molar-refractivity contribution in [2.24, 2.45) is 29.2 Å². The normalized spacial score (nSPS) is 27.4. The Hall–Kier alpha value is -3.75. The van der Waals surface area contributed by atoms with E-state index < -0.39 is 66.0 Å². The van der Waals surface area contributed by atoms with Crippen molar-refractivity contribution in [2.45, 2.75) is 148 Å². The number of ether oxygens (including phenoxy) is 2. The average Bonchev–Trinajstić information content (AvgIpc) is 3.16. The van der Waals surface area contributed by atoms with E-state index in [1.165, 1.54) is 4.90 Å². The molecule has 0 radical (unpaired) electrons. The Kier molecular flexibility index (Phi) is 18.7. The largest absolute Gasteiger partial charge is 0.491 e. The highest BCUT2D eigenvalue weighted by atomic mass is 16.5. The molecule has 1 aromatic carbocycles. The van der Waals surface area contributed by atoms with Gasteiger partial charge in [-0.15, -0.1) is 0 Å². The Bertz CT molecular complexity index is 1370. The second kappa shape index (κ2) is 22.6. The number of hydrogen-bond donors (Lipinski definition) is 6. The second-order valence-corrected chi connectivity index (χ2v) is 15.5. The zero-order valence-corrected chi connectivity index (χ0v) is 33.4. The number of carbonyl (C=O) groups excluding carboxylic acids is 5. The van der Waals surface area contributed by atoms with Gasteiger partial charge in [-0.2, -0.15) is 0 Å². The molecule has 8 N–H and O–H groups in total. The molecule has 1 heterocycles. The highest BCUT2D eigenvalue weighted by Crippen LogP contribution is 2.28. The molecule has 0 unspecified atom stereocenters. The fourth-order valence-electron chi connectivity index (χ4n) is 7.33. The third kappa shape index (κ3) is 13.5. The van der Waals surface area contributed by atoms with Crippen molar-refractivity contribution in [1.82, 2.24) is 26.2 Å². The maximum absolute atomic E-state index is 14.2. The number of amides is 5. The molecule has 1 aromatic rings. The molecule has 0 aromatic heterocycles. The SMILES string of the molecule is CCCCCC[C@H]1O[C@@H](C)NC(=O)[C@H](COc2cccc(CN)c2)NC(=O)[C@H](CN)NC(=O)[C@H](C2CCCCC2)NC(=O)[C@H](CC(C)C)N(C)C(=O)[C@@H]1C. The lowest BCUT2D eigenvalue weighted by Crippen LogP contribution is -2.62. The van der Waals surface area contributed by atoms with Gasteiger partial charge in [0.25, 0.3) is 0 Å². The molecule has 0 bridgehead atoms. The van der Waals surface area contributed by atoms with Crippen molar-refractivity contribution in [3.8, 4) is 5.75 Å². The summed E-state index contributed by atoms with van der Waals surface area (Å²) >= 11 is 0. The van der Waals surface area contributed by atoms with Crippen molar-refractivity contribution in [3.05, 3.63) is 29.8 Å². The van der Waals surface area contributed by atoms with Gasteiger partial charge in [-0.1, -0.05) is 84.8 Å². The molecular formula is C40H67N7O7. The summed E-state index contributed by atoms with van der Waals surface area (Å²) in [5, 5.41) is 11.3. The first-order valence-corrected chi connectivity index (χ1v) is 20.0. The van der Waals surface area contributed by atoms with Gasteiger partial charge in [0.1, 0.15) is 42.8 Å².